The number of methoxy groups -OCH3 is 2. The van der Waals surface area contributed by atoms with Crippen molar-refractivity contribution in [2.45, 2.75) is 32.4 Å². The number of nitrogens with one attached hydrogen (secondary N) is 1. The summed E-state index contributed by atoms with van der Waals surface area (Å²) in [4.78, 5) is 28.7. The minimum atomic E-state index is -0.749. The second-order valence-corrected chi connectivity index (χ2v) is 7.98. The van der Waals surface area contributed by atoms with Crippen LogP contribution in [-0.4, -0.2) is 37.5 Å². The summed E-state index contributed by atoms with van der Waals surface area (Å²) in [6.45, 7) is 2.86. The topological polar surface area (TPSA) is 67.9 Å². The molecule has 34 heavy (non-hydrogen) atoms. The van der Waals surface area contributed by atoms with Gasteiger partial charge in [0.15, 0.2) is 11.5 Å². The van der Waals surface area contributed by atoms with Crippen LogP contribution in [0.3, 0.4) is 0 Å². The second-order valence-electron chi connectivity index (χ2n) is 7.98. The average molecular weight is 461 g/mol. The van der Waals surface area contributed by atoms with Gasteiger partial charge in [-0.3, -0.25) is 9.59 Å². The second kappa shape index (κ2) is 12.4. The van der Waals surface area contributed by atoms with E-state index in [2.05, 4.69) is 5.32 Å². The molecule has 3 rings (SSSR count). The highest BCUT2D eigenvalue weighted by Crippen LogP contribution is 2.29. The first-order chi connectivity index (χ1) is 16.6. The summed E-state index contributed by atoms with van der Waals surface area (Å²) in [6.07, 6.45) is 0.934. The SMILES string of the molecule is CCCNC(=O)C(c1ccccc1)N(Cc1ccccc1)C(=O)Cc1ccc(OC)c(OC)c1. The van der Waals surface area contributed by atoms with Crippen LogP contribution in [0.5, 0.6) is 11.5 Å². The molecule has 0 aliphatic carbocycles. The number of amides is 2. The van der Waals surface area contributed by atoms with Gasteiger partial charge in [-0.1, -0.05) is 73.7 Å². The molecule has 1 unspecified atom stereocenters. The highest BCUT2D eigenvalue weighted by Gasteiger charge is 2.31. The van der Waals surface area contributed by atoms with Crippen molar-refractivity contribution in [3.8, 4) is 11.5 Å². The third-order valence-corrected chi connectivity index (χ3v) is 5.54. The molecule has 6 nitrogen and oxygen atoms in total. The lowest BCUT2D eigenvalue weighted by atomic mass is 10.0. The molecule has 3 aromatic carbocycles. The lowest BCUT2D eigenvalue weighted by Crippen LogP contribution is -2.44. The Morgan fingerprint density at radius 3 is 2.12 bits per heavy atom. The third-order valence-electron chi connectivity index (χ3n) is 5.54. The zero-order valence-electron chi connectivity index (χ0n) is 20.0. The van der Waals surface area contributed by atoms with Crippen molar-refractivity contribution in [3.05, 3.63) is 95.6 Å². The molecule has 6 heteroatoms. The molecule has 3 aromatic rings. The van der Waals surface area contributed by atoms with E-state index < -0.39 is 6.04 Å². The normalized spacial score (nSPS) is 11.4. The number of hydrogen-bond donors (Lipinski definition) is 1. The van der Waals surface area contributed by atoms with Gasteiger partial charge >= 0.3 is 0 Å². The Morgan fingerprint density at radius 2 is 1.50 bits per heavy atom. The van der Waals surface area contributed by atoms with Crippen molar-refractivity contribution in [1.82, 2.24) is 10.2 Å². The van der Waals surface area contributed by atoms with Crippen molar-refractivity contribution < 1.29 is 19.1 Å². The van der Waals surface area contributed by atoms with Crippen LogP contribution < -0.4 is 14.8 Å². The number of carbonyl (C=O) groups is 2. The maximum atomic E-state index is 13.7. The molecule has 178 valence electrons. The van der Waals surface area contributed by atoms with E-state index in [-0.39, 0.29) is 18.2 Å². The fourth-order valence-corrected chi connectivity index (χ4v) is 3.82. The molecule has 0 heterocycles. The summed E-state index contributed by atoms with van der Waals surface area (Å²) in [5.74, 6) is 0.810. The predicted octanol–water partition coefficient (Wildman–Crippen LogP) is 4.54. The monoisotopic (exact) mass is 460 g/mol. The first kappa shape index (κ1) is 24.8. The molecule has 0 saturated carbocycles. The molecule has 0 aliphatic heterocycles. The van der Waals surface area contributed by atoms with Crippen LogP contribution in [0.25, 0.3) is 0 Å². The van der Waals surface area contributed by atoms with E-state index in [9.17, 15) is 9.59 Å². The van der Waals surface area contributed by atoms with Crippen LogP contribution in [0.4, 0.5) is 0 Å². The van der Waals surface area contributed by atoms with Gasteiger partial charge in [-0.2, -0.15) is 0 Å². The van der Waals surface area contributed by atoms with E-state index in [1.807, 2.05) is 73.7 Å². The number of benzene rings is 3. The van der Waals surface area contributed by atoms with E-state index >= 15 is 0 Å². The van der Waals surface area contributed by atoms with Gasteiger partial charge in [0.1, 0.15) is 6.04 Å². The lowest BCUT2D eigenvalue weighted by Gasteiger charge is -2.32. The van der Waals surface area contributed by atoms with Gasteiger partial charge in [-0.05, 0) is 35.2 Å². The van der Waals surface area contributed by atoms with Gasteiger partial charge in [-0.25, -0.2) is 0 Å². The van der Waals surface area contributed by atoms with Crippen molar-refractivity contribution in [2.24, 2.45) is 0 Å². The zero-order chi connectivity index (χ0) is 24.3. The Labute approximate surface area is 201 Å². The van der Waals surface area contributed by atoms with Gasteiger partial charge in [0, 0.05) is 13.1 Å². The first-order valence-corrected chi connectivity index (χ1v) is 11.4. The van der Waals surface area contributed by atoms with Gasteiger partial charge in [0.05, 0.1) is 20.6 Å². The standard InChI is InChI=1S/C28H32N2O4/c1-4-17-29-28(32)27(23-13-9-6-10-14-23)30(20-21-11-7-5-8-12-21)26(31)19-22-15-16-24(33-2)25(18-22)34-3/h5-16,18,27H,4,17,19-20H2,1-3H3,(H,29,32). The zero-order valence-corrected chi connectivity index (χ0v) is 20.0. The highest BCUT2D eigenvalue weighted by molar-refractivity contribution is 5.89. The fraction of sp³-hybridized carbons (Fsp3) is 0.286. The summed E-state index contributed by atoms with van der Waals surface area (Å²) in [6, 6.07) is 23.8. The van der Waals surface area contributed by atoms with Crippen LogP contribution in [0.2, 0.25) is 0 Å². The van der Waals surface area contributed by atoms with Crippen LogP contribution >= 0.6 is 0 Å². The number of carbonyl (C=O) groups excluding carboxylic acids is 2. The summed E-state index contributed by atoms with van der Waals surface area (Å²) >= 11 is 0. The predicted molar refractivity (Wildman–Crippen MR) is 133 cm³/mol. The summed E-state index contributed by atoms with van der Waals surface area (Å²) in [7, 11) is 3.14. The third kappa shape index (κ3) is 6.38. The Morgan fingerprint density at radius 1 is 0.853 bits per heavy atom. The van der Waals surface area contributed by atoms with Crippen molar-refractivity contribution in [2.75, 3.05) is 20.8 Å². The quantitative estimate of drug-likeness (QED) is 0.456. The first-order valence-electron chi connectivity index (χ1n) is 11.4. The van der Waals surface area contributed by atoms with Crippen LogP contribution in [-0.2, 0) is 22.6 Å². The minimum Gasteiger partial charge on any atom is -0.493 e. The summed E-state index contributed by atoms with van der Waals surface area (Å²) in [5.41, 5.74) is 2.50. The Balaban J connectivity index is 1.98. The van der Waals surface area contributed by atoms with Gasteiger partial charge in [-0.15, -0.1) is 0 Å². The molecule has 0 aliphatic rings. The Hall–Kier alpha value is -3.80. The largest absolute Gasteiger partial charge is 0.493 e. The van der Waals surface area contributed by atoms with Gasteiger partial charge in [0.2, 0.25) is 11.8 Å². The maximum Gasteiger partial charge on any atom is 0.247 e. The molecule has 0 fully saturated rings. The van der Waals surface area contributed by atoms with Crippen LogP contribution in [0.1, 0.15) is 36.1 Å². The Bertz CT molecular complexity index is 1070. The summed E-state index contributed by atoms with van der Waals surface area (Å²) in [5, 5.41) is 2.98. The molecule has 0 bridgehead atoms. The van der Waals surface area contributed by atoms with Crippen molar-refractivity contribution in [1.29, 1.82) is 0 Å². The number of hydrogen-bond acceptors (Lipinski definition) is 4. The van der Waals surface area contributed by atoms with E-state index in [0.29, 0.717) is 24.6 Å². The number of nitrogens with zero attached hydrogens (tertiary/aromatic N) is 1. The number of rotatable bonds is 11. The molecule has 2 amide bonds. The highest BCUT2D eigenvalue weighted by atomic mass is 16.5. The molecule has 1 atom stereocenters. The van der Waals surface area contributed by atoms with E-state index in [1.54, 1.807) is 31.3 Å². The van der Waals surface area contributed by atoms with Crippen LogP contribution in [0.15, 0.2) is 78.9 Å². The molecular weight excluding hydrogens is 428 g/mol. The van der Waals surface area contributed by atoms with Gasteiger partial charge < -0.3 is 19.7 Å². The Kier molecular flexibility index (Phi) is 9.09. The fourth-order valence-electron chi connectivity index (χ4n) is 3.82. The van der Waals surface area contributed by atoms with Crippen molar-refractivity contribution in [3.63, 3.8) is 0 Å². The number of ether oxygens (including phenoxy) is 2. The van der Waals surface area contributed by atoms with Crippen LogP contribution in [0, 0.1) is 0 Å². The molecule has 0 aromatic heterocycles. The maximum absolute atomic E-state index is 13.7. The molecule has 0 spiro atoms. The smallest absolute Gasteiger partial charge is 0.247 e. The van der Waals surface area contributed by atoms with Gasteiger partial charge in [0.25, 0.3) is 0 Å². The molecule has 0 radical (unpaired) electrons. The van der Waals surface area contributed by atoms with E-state index in [0.717, 1.165) is 23.1 Å². The molecular formula is C28H32N2O4. The van der Waals surface area contributed by atoms with E-state index in [4.69, 9.17) is 9.47 Å². The molecule has 0 saturated heterocycles. The minimum absolute atomic E-state index is 0.123. The lowest BCUT2D eigenvalue weighted by molar-refractivity contribution is -0.141. The van der Waals surface area contributed by atoms with E-state index in [1.165, 1.54) is 0 Å². The summed E-state index contributed by atoms with van der Waals surface area (Å²) < 4.78 is 10.7. The molecule has 1 N–H and O–H groups in total. The van der Waals surface area contributed by atoms with Crippen molar-refractivity contribution >= 4 is 11.8 Å². The average Bonchev–Trinajstić information content (AvgIpc) is 2.88.